The first kappa shape index (κ1) is 18.1. The number of aryl methyl sites for hydroxylation is 2. The number of aromatic nitrogens is 1. The number of hydrogen-bond donors (Lipinski definition) is 1. The van der Waals surface area contributed by atoms with Crippen molar-refractivity contribution in [1.82, 2.24) is 4.98 Å². The van der Waals surface area contributed by atoms with Gasteiger partial charge in [-0.3, -0.25) is 4.79 Å². The Kier molecular flexibility index (Phi) is 6.02. The average molecular weight is 366 g/mol. The normalized spacial score (nSPS) is 10.5. The van der Waals surface area contributed by atoms with Gasteiger partial charge in [0.1, 0.15) is 5.75 Å². The van der Waals surface area contributed by atoms with Crippen LogP contribution in [0.4, 0.5) is 5.13 Å². The van der Waals surface area contributed by atoms with Gasteiger partial charge in [-0.2, -0.15) is 0 Å². The molecule has 1 aromatic heterocycles. The van der Waals surface area contributed by atoms with Crippen LogP contribution in [0.3, 0.4) is 0 Å². The van der Waals surface area contributed by atoms with Crippen molar-refractivity contribution in [2.75, 3.05) is 11.9 Å². The zero-order valence-electron chi connectivity index (χ0n) is 15.0. The molecule has 0 aliphatic carbocycles. The maximum absolute atomic E-state index is 12.1. The summed E-state index contributed by atoms with van der Waals surface area (Å²) in [5.41, 5.74) is 4.35. The van der Waals surface area contributed by atoms with Crippen molar-refractivity contribution < 1.29 is 9.53 Å². The molecule has 0 saturated carbocycles. The minimum absolute atomic E-state index is 0.0395. The molecule has 0 atom stereocenters. The van der Waals surface area contributed by atoms with Crippen molar-refractivity contribution >= 4 is 22.4 Å². The molecule has 2 aromatic carbocycles. The Balaban J connectivity index is 1.43. The summed E-state index contributed by atoms with van der Waals surface area (Å²) in [6.45, 7) is 4.61. The summed E-state index contributed by atoms with van der Waals surface area (Å²) >= 11 is 1.44. The lowest BCUT2D eigenvalue weighted by Gasteiger charge is -2.06. The summed E-state index contributed by atoms with van der Waals surface area (Å²) < 4.78 is 5.64. The number of carbonyl (C=O) groups excluding carboxylic acids is 1. The molecule has 0 saturated heterocycles. The van der Waals surface area contributed by atoms with E-state index in [-0.39, 0.29) is 5.91 Å². The first-order valence-electron chi connectivity index (χ1n) is 8.62. The lowest BCUT2D eigenvalue weighted by molar-refractivity contribution is -0.116. The van der Waals surface area contributed by atoms with E-state index in [1.165, 1.54) is 22.5 Å². The van der Waals surface area contributed by atoms with Crippen LogP contribution in [0.25, 0.3) is 11.3 Å². The first-order valence-corrected chi connectivity index (χ1v) is 9.50. The Bertz CT molecular complexity index is 854. The smallest absolute Gasteiger partial charge is 0.226 e. The number of anilines is 1. The van der Waals surface area contributed by atoms with Crippen molar-refractivity contribution in [3.63, 3.8) is 0 Å². The molecule has 3 aromatic rings. The number of nitrogens with one attached hydrogen (secondary N) is 1. The molecule has 4 nitrogen and oxygen atoms in total. The predicted molar refractivity (Wildman–Crippen MR) is 107 cm³/mol. The molecular weight excluding hydrogens is 344 g/mol. The van der Waals surface area contributed by atoms with E-state index in [0.29, 0.717) is 24.6 Å². The second kappa shape index (κ2) is 8.63. The van der Waals surface area contributed by atoms with Crippen LogP contribution in [-0.2, 0) is 4.79 Å². The maximum atomic E-state index is 12.1. The first-order chi connectivity index (χ1) is 12.6. The zero-order chi connectivity index (χ0) is 18.4. The molecule has 1 amide bonds. The number of rotatable bonds is 7. The molecule has 5 heteroatoms. The summed E-state index contributed by atoms with van der Waals surface area (Å²) in [6.07, 6.45) is 1.07. The van der Waals surface area contributed by atoms with Crippen LogP contribution in [-0.4, -0.2) is 17.5 Å². The van der Waals surface area contributed by atoms with E-state index in [1.807, 2.05) is 48.7 Å². The van der Waals surface area contributed by atoms with Crippen molar-refractivity contribution in [2.24, 2.45) is 0 Å². The molecule has 0 aliphatic rings. The zero-order valence-corrected chi connectivity index (χ0v) is 15.8. The van der Waals surface area contributed by atoms with E-state index in [2.05, 4.69) is 29.4 Å². The van der Waals surface area contributed by atoms with Crippen LogP contribution < -0.4 is 10.1 Å². The second-order valence-corrected chi connectivity index (χ2v) is 7.08. The summed E-state index contributed by atoms with van der Waals surface area (Å²) in [7, 11) is 0. The molecule has 0 radical (unpaired) electrons. The summed E-state index contributed by atoms with van der Waals surface area (Å²) in [6, 6.07) is 16.1. The van der Waals surface area contributed by atoms with Gasteiger partial charge in [0.05, 0.1) is 12.3 Å². The Morgan fingerprint density at radius 1 is 1.04 bits per heavy atom. The van der Waals surface area contributed by atoms with Gasteiger partial charge in [0, 0.05) is 17.4 Å². The largest absolute Gasteiger partial charge is 0.494 e. The van der Waals surface area contributed by atoms with Crippen LogP contribution in [0.1, 0.15) is 24.0 Å². The standard InChI is InChI=1S/C21H22N2O2S/c1-15-5-9-17(10-6-15)19-14-26-21(22-19)23-20(24)4-3-13-25-18-11-7-16(2)8-12-18/h5-12,14H,3-4,13H2,1-2H3,(H,22,23,24). The number of hydrogen-bond acceptors (Lipinski definition) is 4. The van der Waals surface area contributed by atoms with Gasteiger partial charge in [0.2, 0.25) is 5.91 Å². The Hall–Kier alpha value is -2.66. The fourth-order valence-corrected chi connectivity index (χ4v) is 3.16. The van der Waals surface area contributed by atoms with Crippen molar-refractivity contribution in [3.8, 4) is 17.0 Å². The lowest BCUT2D eigenvalue weighted by Crippen LogP contribution is -2.12. The molecule has 0 spiro atoms. The van der Waals surface area contributed by atoms with E-state index >= 15 is 0 Å². The number of carbonyl (C=O) groups is 1. The third-order valence-corrected chi connectivity index (χ3v) is 4.69. The van der Waals surface area contributed by atoms with Crippen LogP contribution >= 0.6 is 11.3 Å². The van der Waals surface area contributed by atoms with Gasteiger partial charge >= 0.3 is 0 Å². The Morgan fingerprint density at radius 2 is 1.69 bits per heavy atom. The molecule has 0 bridgehead atoms. The number of nitrogens with zero attached hydrogens (tertiary/aromatic N) is 1. The monoisotopic (exact) mass is 366 g/mol. The number of benzene rings is 2. The van der Waals surface area contributed by atoms with E-state index in [4.69, 9.17) is 4.74 Å². The molecule has 26 heavy (non-hydrogen) atoms. The van der Waals surface area contributed by atoms with Gasteiger partial charge in [-0.05, 0) is 32.4 Å². The SMILES string of the molecule is Cc1ccc(OCCCC(=O)Nc2nc(-c3ccc(C)cc3)cs2)cc1. The Labute approximate surface area is 157 Å². The highest BCUT2D eigenvalue weighted by atomic mass is 32.1. The quantitative estimate of drug-likeness (QED) is 0.583. The van der Waals surface area contributed by atoms with Crippen LogP contribution in [0.15, 0.2) is 53.9 Å². The second-order valence-electron chi connectivity index (χ2n) is 6.22. The third kappa shape index (κ3) is 5.17. The highest BCUT2D eigenvalue weighted by molar-refractivity contribution is 7.14. The minimum Gasteiger partial charge on any atom is -0.494 e. The number of ether oxygens (including phenoxy) is 1. The molecule has 0 unspecified atom stereocenters. The average Bonchev–Trinajstić information content (AvgIpc) is 3.09. The van der Waals surface area contributed by atoms with Crippen LogP contribution in [0.2, 0.25) is 0 Å². The van der Waals surface area contributed by atoms with Gasteiger partial charge < -0.3 is 10.1 Å². The van der Waals surface area contributed by atoms with E-state index in [9.17, 15) is 4.79 Å². The fraction of sp³-hybridized carbons (Fsp3) is 0.238. The third-order valence-electron chi connectivity index (χ3n) is 3.94. The van der Waals surface area contributed by atoms with Crippen LogP contribution in [0.5, 0.6) is 5.75 Å². The molecule has 134 valence electrons. The molecule has 0 aliphatic heterocycles. The molecule has 1 heterocycles. The summed E-state index contributed by atoms with van der Waals surface area (Å²) in [5, 5.41) is 5.45. The highest BCUT2D eigenvalue weighted by Crippen LogP contribution is 2.25. The van der Waals surface area contributed by atoms with Crippen molar-refractivity contribution in [2.45, 2.75) is 26.7 Å². The van der Waals surface area contributed by atoms with Crippen LogP contribution in [0, 0.1) is 13.8 Å². The van der Waals surface area contributed by atoms with Gasteiger partial charge in [0.15, 0.2) is 5.13 Å². The van der Waals surface area contributed by atoms with E-state index < -0.39 is 0 Å². The topological polar surface area (TPSA) is 51.2 Å². The van der Waals surface area contributed by atoms with E-state index in [1.54, 1.807) is 0 Å². The van der Waals surface area contributed by atoms with Crippen molar-refractivity contribution in [1.29, 1.82) is 0 Å². The lowest BCUT2D eigenvalue weighted by atomic mass is 10.1. The Morgan fingerprint density at radius 3 is 2.38 bits per heavy atom. The maximum Gasteiger partial charge on any atom is 0.226 e. The van der Waals surface area contributed by atoms with Gasteiger partial charge in [-0.15, -0.1) is 11.3 Å². The molecule has 1 N–H and O–H groups in total. The highest BCUT2D eigenvalue weighted by Gasteiger charge is 2.08. The summed E-state index contributed by atoms with van der Waals surface area (Å²) in [5.74, 6) is 0.793. The van der Waals surface area contributed by atoms with Gasteiger partial charge in [0.25, 0.3) is 0 Å². The molecular formula is C21H22N2O2S. The van der Waals surface area contributed by atoms with Crippen molar-refractivity contribution in [3.05, 3.63) is 65.0 Å². The number of amides is 1. The van der Waals surface area contributed by atoms with Gasteiger partial charge in [-0.1, -0.05) is 47.5 Å². The predicted octanol–water partition coefficient (Wildman–Crippen LogP) is 5.22. The minimum atomic E-state index is -0.0395. The number of thiazole rings is 1. The van der Waals surface area contributed by atoms with Gasteiger partial charge in [-0.25, -0.2) is 4.98 Å². The summed E-state index contributed by atoms with van der Waals surface area (Å²) in [4.78, 5) is 16.5. The fourth-order valence-electron chi connectivity index (χ4n) is 2.43. The van der Waals surface area contributed by atoms with E-state index in [0.717, 1.165) is 17.0 Å². The molecule has 3 rings (SSSR count). The molecule has 0 fully saturated rings.